The maximum absolute atomic E-state index is 12.8. The Hall–Kier alpha value is -3.52. The van der Waals surface area contributed by atoms with Crippen LogP contribution in [0.4, 0.5) is 0 Å². The van der Waals surface area contributed by atoms with Crippen molar-refractivity contribution in [2.75, 3.05) is 26.2 Å². The Morgan fingerprint density at radius 3 is 2.19 bits per heavy atom. The van der Waals surface area contributed by atoms with Crippen LogP contribution in [-0.4, -0.2) is 57.7 Å². The summed E-state index contributed by atoms with van der Waals surface area (Å²) in [6.45, 7) is 5.38. The van der Waals surface area contributed by atoms with E-state index in [-0.39, 0.29) is 11.7 Å². The highest BCUT2D eigenvalue weighted by Gasteiger charge is 2.55. The predicted molar refractivity (Wildman–Crippen MR) is 140 cm³/mol. The third-order valence-electron chi connectivity index (χ3n) is 8.53. The molecule has 2 aliphatic carbocycles. The van der Waals surface area contributed by atoms with Gasteiger partial charge >= 0.3 is 0 Å². The van der Waals surface area contributed by atoms with E-state index in [1.54, 1.807) is 11.6 Å². The van der Waals surface area contributed by atoms with E-state index >= 15 is 0 Å². The first-order chi connectivity index (χ1) is 17.9. The van der Waals surface area contributed by atoms with Crippen LogP contribution in [0, 0.1) is 18.3 Å². The van der Waals surface area contributed by atoms with Gasteiger partial charge in [-0.3, -0.25) is 9.59 Å². The first kappa shape index (κ1) is 23.9. The van der Waals surface area contributed by atoms with Crippen LogP contribution in [0.3, 0.4) is 0 Å². The Morgan fingerprint density at radius 2 is 1.59 bits per heavy atom. The minimum atomic E-state index is -0.628. The molecule has 1 spiro atoms. The summed E-state index contributed by atoms with van der Waals surface area (Å²) in [7, 11) is 0. The lowest BCUT2D eigenvalue weighted by molar-refractivity contribution is -0.149. The molecule has 1 aliphatic heterocycles. The summed E-state index contributed by atoms with van der Waals surface area (Å²) < 4.78 is 1.63. The summed E-state index contributed by atoms with van der Waals surface area (Å²) in [5.74, 6) is 1.29. The number of carbonyl (C=O) groups is 2. The summed E-state index contributed by atoms with van der Waals surface area (Å²) in [5, 5.41) is 7.52. The van der Waals surface area contributed by atoms with Crippen molar-refractivity contribution in [3.63, 3.8) is 0 Å². The summed E-state index contributed by atoms with van der Waals surface area (Å²) in [6, 6.07) is 17.2. The van der Waals surface area contributed by atoms with Gasteiger partial charge in [0.15, 0.2) is 0 Å². The zero-order valence-corrected chi connectivity index (χ0v) is 21.3. The number of nitrogens with zero attached hydrogens (tertiary/aromatic N) is 4. The average Bonchev–Trinajstić information content (AvgIpc) is 3.26. The number of nitrogens with one attached hydrogen (secondary N) is 1. The van der Waals surface area contributed by atoms with Crippen LogP contribution in [0.15, 0.2) is 48.5 Å². The zero-order chi connectivity index (χ0) is 25.6. The molecule has 0 unspecified atom stereocenters. The summed E-state index contributed by atoms with van der Waals surface area (Å²) in [6.07, 6.45) is 5.46. The van der Waals surface area contributed by atoms with Crippen molar-refractivity contribution >= 4 is 11.8 Å². The molecule has 2 aromatic carbocycles. The van der Waals surface area contributed by atoms with E-state index in [1.165, 1.54) is 29.5 Å². The molecule has 8 heteroatoms. The first-order valence-corrected chi connectivity index (χ1v) is 13.3. The van der Waals surface area contributed by atoms with Gasteiger partial charge in [0, 0.05) is 32.1 Å². The van der Waals surface area contributed by atoms with Crippen molar-refractivity contribution in [3.05, 3.63) is 76.9 Å². The average molecular weight is 499 g/mol. The highest BCUT2D eigenvalue weighted by Crippen LogP contribution is 2.64. The molecule has 2 saturated carbocycles. The Kier molecular flexibility index (Phi) is 6.07. The number of nitrogens with two attached hydrogens (primary N) is 1. The van der Waals surface area contributed by atoms with Gasteiger partial charge in [0.1, 0.15) is 5.82 Å². The van der Waals surface area contributed by atoms with Crippen molar-refractivity contribution in [1.29, 1.82) is 0 Å². The smallest absolute Gasteiger partial charge is 0.288 e. The third-order valence-corrected chi connectivity index (χ3v) is 8.53. The molecule has 1 saturated heterocycles. The number of carbonyl (C=O) groups excluding carboxylic acids is 2. The summed E-state index contributed by atoms with van der Waals surface area (Å²) in [4.78, 5) is 30.3. The lowest BCUT2D eigenvalue weighted by Crippen LogP contribution is -2.55. The second-order valence-electron chi connectivity index (χ2n) is 11.1. The molecule has 2 amide bonds. The van der Waals surface area contributed by atoms with E-state index in [4.69, 9.17) is 5.73 Å². The van der Waals surface area contributed by atoms with Gasteiger partial charge in [0.2, 0.25) is 11.7 Å². The number of aryl methyl sites for hydroxylation is 1. The van der Waals surface area contributed by atoms with Crippen LogP contribution in [0.25, 0.3) is 5.69 Å². The number of piperazine rings is 1. The fraction of sp³-hybridized carbons (Fsp3) is 0.448. The minimum absolute atomic E-state index is 0.0277. The number of hydrogen-bond acceptors (Lipinski definition) is 5. The number of rotatable bonds is 6. The molecule has 3 aromatic rings. The van der Waals surface area contributed by atoms with Crippen molar-refractivity contribution in [2.45, 2.75) is 44.9 Å². The van der Waals surface area contributed by atoms with E-state index in [9.17, 15) is 9.59 Å². The fourth-order valence-electron chi connectivity index (χ4n) is 6.50. The molecule has 2 heterocycles. The van der Waals surface area contributed by atoms with Crippen molar-refractivity contribution in [3.8, 4) is 5.69 Å². The summed E-state index contributed by atoms with van der Waals surface area (Å²) in [5.41, 5.74) is 10.5. The fourth-order valence-corrected chi connectivity index (χ4v) is 6.50. The molecule has 3 fully saturated rings. The number of amides is 2. The van der Waals surface area contributed by atoms with Crippen molar-refractivity contribution in [1.82, 2.24) is 25.0 Å². The molecule has 6 rings (SSSR count). The van der Waals surface area contributed by atoms with Crippen LogP contribution >= 0.6 is 0 Å². The maximum atomic E-state index is 12.8. The largest absolute Gasteiger partial charge is 0.363 e. The van der Waals surface area contributed by atoms with Crippen LogP contribution in [0.1, 0.15) is 64.7 Å². The summed E-state index contributed by atoms with van der Waals surface area (Å²) >= 11 is 0. The van der Waals surface area contributed by atoms with Gasteiger partial charge in [-0.15, -0.1) is 5.10 Å². The van der Waals surface area contributed by atoms with E-state index in [1.807, 2.05) is 12.1 Å². The molecule has 0 atom stereocenters. The Balaban J connectivity index is 1.01. The Labute approximate surface area is 217 Å². The number of benzene rings is 2. The maximum Gasteiger partial charge on any atom is 0.288 e. The van der Waals surface area contributed by atoms with Crippen LogP contribution in [0.2, 0.25) is 0 Å². The highest BCUT2D eigenvalue weighted by molar-refractivity contribution is 5.88. The molecule has 192 valence electrons. The quantitative estimate of drug-likeness (QED) is 0.544. The molecular weight excluding hydrogens is 464 g/mol. The molecule has 0 radical (unpaired) electrons. The molecule has 3 aliphatic rings. The second kappa shape index (κ2) is 9.41. The molecule has 1 aromatic heterocycles. The van der Waals surface area contributed by atoms with E-state index in [0.717, 1.165) is 51.1 Å². The molecule has 37 heavy (non-hydrogen) atoms. The minimum Gasteiger partial charge on any atom is -0.363 e. The van der Waals surface area contributed by atoms with E-state index < -0.39 is 5.91 Å². The van der Waals surface area contributed by atoms with Gasteiger partial charge < -0.3 is 16.0 Å². The molecule has 3 N–H and O–H groups in total. The normalized spacial score (nSPS) is 24.9. The lowest BCUT2D eigenvalue weighted by atomic mass is 9.47. The Morgan fingerprint density at radius 1 is 0.973 bits per heavy atom. The van der Waals surface area contributed by atoms with Gasteiger partial charge in [-0.05, 0) is 79.2 Å². The van der Waals surface area contributed by atoms with E-state index in [0.29, 0.717) is 23.1 Å². The predicted octanol–water partition coefficient (Wildman–Crippen LogP) is 2.97. The third kappa shape index (κ3) is 4.66. The first-order valence-electron chi connectivity index (χ1n) is 13.3. The van der Waals surface area contributed by atoms with Crippen molar-refractivity contribution < 1.29 is 9.59 Å². The van der Waals surface area contributed by atoms with Crippen LogP contribution < -0.4 is 11.1 Å². The number of aromatic nitrogens is 3. The monoisotopic (exact) mass is 498 g/mol. The Bertz CT molecular complexity index is 1290. The van der Waals surface area contributed by atoms with Gasteiger partial charge in [0.05, 0.1) is 5.69 Å². The lowest BCUT2D eigenvalue weighted by Gasteiger charge is -2.58. The topological polar surface area (TPSA) is 106 Å². The number of primary amides is 1. The van der Waals surface area contributed by atoms with Crippen molar-refractivity contribution in [2.24, 2.45) is 17.1 Å². The highest BCUT2D eigenvalue weighted by atomic mass is 16.2. The van der Waals surface area contributed by atoms with Gasteiger partial charge in [-0.25, -0.2) is 9.67 Å². The van der Waals surface area contributed by atoms with E-state index in [2.05, 4.69) is 56.7 Å². The van der Waals surface area contributed by atoms with Gasteiger partial charge in [-0.2, -0.15) is 0 Å². The molecular formula is C29H34N6O2. The molecule has 0 bridgehead atoms. The van der Waals surface area contributed by atoms with Gasteiger partial charge in [0.25, 0.3) is 5.91 Å². The number of hydrogen-bond donors (Lipinski definition) is 2. The molecule has 8 nitrogen and oxygen atoms in total. The second-order valence-corrected chi connectivity index (χ2v) is 11.1. The van der Waals surface area contributed by atoms with Crippen LogP contribution in [0.5, 0.6) is 0 Å². The van der Waals surface area contributed by atoms with Crippen LogP contribution in [-0.2, 0) is 11.2 Å². The van der Waals surface area contributed by atoms with Gasteiger partial charge in [-0.1, -0.05) is 36.4 Å². The zero-order valence-electron chi connectivity index (χ0n) is 21.3. The standard InChI is InChI=1S/C29H34N6O2/c1-19-32-27(26(30)36)33-35(19)25-8-4-21(5-9-25)14-20-2-6-22(7-3-20)23-15-29(16-23)17-24(18-29)28(37)34-12-10-31-11-13-34/h2-9,23-24,31H,10-18H2,1H3,(H2,30,36). The SMILES string of the molecule is Cc1nc(C(N)=O)nn1-c1ccc(Cc2ccc(C3CC4(CC(C(=O)N5CCNCC5)C4)C3)cc2)cc1.